The fourth-order valence-electron chi connectivity index (χ4n) is 2.22. The molecular formula is C17H18ClN3O2. The van der Waals surface area contributed by atoms with Gasteiger partial charge in [-0.15, -0.1) is 6.42 Å². The highest BCUT2D eigenvalue weighted by molar-refractivity contribution is 6.31. The molecule has 1 amide bonds. The monoisotopic (exact) mass is 331 g/mol. The third kappa shape index (κ3) is 4.27. The van der Waals surface area contributed by atoms with Gasteiger partial charge in [-0.2, -0.15) is 5.10 Å². The average molecular weight is 332 g/mol. The zero-order valence-electron chi connectivity index (χ0n) is 13.1. The van der Waals surface area contributed by atoms with Gasteiger partial charge in [0.15, 0.2) is 0 Å². The summed E-state index contributed by atoms with van der Waals surface area (Å²) < 4.78 is 6.93. The second-order valence-electron chi connectivity index (χ2n) is 5.10. The van der Waals surface area contributed by atoms with Gasteiger partial charge in [-0.05, 0) is 12.1 Å². The predicted octanol–water partition coefficient (Wildman–Crippen LogP) is 2.38. The van der Waals surface area contributed by atoms with Crippen LogP contribution in [-0.2, 0) is 24.3 Å². The van der Waals surface area contributed by atoms with Crippen LogP contribution in [0.3, 0.4) is 0 Å². The molecule has 0 aliphatic rings. The van der Waals surface area contributed by atoms with E-state index < -0.39 is 0 Å². The molecule has 0 fully saturated rings. The Hall–Kier alpha value is -2.45. The third-order valence-corrected chi connectivity index (χ3v) is 3.76. The molecular weight excluding hydrogens is 314 g/mol. The lowest BCUT2D eigenvalue weighted by Gasteiger charge is -2.17. The van der Waals surface area contributed by atoms with Crippen LogP contribution in [0.5, 0.6) is 5.75 Å². The normalized spacial score (nSPS) is 10.2. The largest absolute Gasteiger partial charge is 0.496 e. The third-order valence-electron chi connectivity index (χ3n) is 3.41. The zero-order chi connectivity index (χ0) is 16.8. The average Bonchev–Trinajstić information content (AvgIpc) is 2.96. The summed E-state index contributed by atoms with van der Waals surface area (Å²) in [7, 11) is 3.30. The number of amides is 1. The van der Waals surface area contributed by atoms with E-state index in [1.165, 1.54) is 0 Å². The summed E-state index contributed by atoms with van der Waals surface area (Å²) >= 11 is 6.17. The maximum atomic E-state index is 12.4. The molecule has 1 aromatic carbocycles. The molecule has 0 aliphatic carbocycles. The number of likely N-dealkylation sites (N-methyl/N-ethyl adjacent to an activating group) is 1. The summed E-state index contributed by atoms with van der Waals surface area (Å²) in [4.78, 5) is 14.0. The van der Waals surface area contributed by atoms with Crippen molar-refractivity contribution in [2.45, 2.75) is 19.5 Å². The van der Waals surface area contributed by atoms with Crippen molar-refractivity contribution in [3.05, 3.63) is 46.7 Å². The number of methoxy groups -OCH3 is 1. The van der Waals surface area contributed by atoms with Crippen LogP contribution in [0.25, 0.3) is 0 Å². The Balaban J connectivity index is 2.04. The molecule has 0 saturated heterocycles. The van der Waals surface area contributed by atoms with Crippen LogP contribution < -0.4 is 4.74 Å². The Labute approximate surface area is 140 Å². The van der Waals surface area contributed by atoms with Gasteiger partial charge in [-0.3, -0.25) is 9.48 Å². The molecule has 0 aliphatic heterocycles. The minimum atomic E-state index is -0.0545. The van der Waals surface area contributed by atoms with Crippen molar-refractivity contribution < 1.29 is 9.53 Å². The van der Waals surface area contributed by atoms with E-state index in [1.807, 2.05) is 6.20 Å². The van der Waals surface area contributed by atoms with Crippen LogP contribution in [0.1, 0.15) is 11.1 Å². The first-order chi connectivity index (χ1) is 11.0. The predicted molar refractivity (Wildman–Crippen MR) is 89.2 cm³/mol. The van der Waals surface area contributed by atoms with Crippen LogP contribution in [0.15, 0.2) is 30.6 Å². The van der Waals surface area contributed by atoms with Crippen molar-refractivity contribution in [2.75, 3.05) is 14.2 Å². The van der Waals surface area contributed by atoms with Gasteiger partial charge in [0.25, 0.3) is 0 Å². The molecule has 0 saturated carbocycles. The molecule has 0 bridgehead atoms. The molecule has 0 atom stereocenters. The lowest BCUT2D eigenvalue weighted by molar-refractivity contribution is -0.129. The number of benzene rings is 1. The first-order valence-corrected chi connectivity index (χ1v) is 7.43. The van der Waals surface area contributed by atoms with E-state index >= 15 is 0 Å². The fourth-order valence-corrected chi connectivity index (χ4v) is 2.45. The van der Waals surface area contributed by atoms with Crippen LogP contribution in [0.2, 0.25) is 5.02 Å². The van der Waals surface area contributed by atoms with Crippen molar-refractivity contribution in [1.29, 1.82) is 0 Å². The van der Waals surface area contributed by atoms with Gasteiger partial charge in [0, 0.05) is 35.9 Å². The lowest BCUT2D eigenvalue weighted by atomic mass is 10.1. The maximum absolute atomic E-state index is 12.4. The highest BCUT2D eigenvalue weighted by Crippen LogP contribution is 2.27. The summed E-state index contributed by atoms with van der Waals surface area (Å²) in [5.41, 5.74) is 1.61. The molecule has 1 heterocycles. The van der Waals surface area contributed by atoms with Crippen LogP contribution in [0.4, 0.5) is 0 Å². The minimum absolute atomic E-state index is 0.0545. The Morgan fingerprint density at radius 3 is 3.00 bits per heavy atom. The molecule has 2 aromatic rings. The highest BCUT2D eigenvalue weighted by Gasteiger charge is 2.16. The van der Waals surface area contributed by atoms with Crippen molar-refractivity contribution in [1.82, 2.24) is 14.7 Å². The standard InChI is InChI=1S/C17H18ClN3O2/c1-4-8-21-12-13(10-19-21)11-20(2)17(22)9-14-15(18)6-5-7-16(14)23-3/h1,5-7,10,12H,8-9,11H2,2-3H3. The molecule has 120 valence electrons. The number of nitrogens with zero attached hydrogens (tertiary/aromatic N) is 3. The fraction of sp³-hybridized carbons (Fsp3) is 0.294. The number of rotatable bonds is 6. The molecule has 0 N–H and O–H groups in total. The number of ether oxygens (including phenoxy) is 1. The van der Waals surface area contributed by atoms with Crippen molar-refractivity contribution in [2.24, 2.45) is 0 Å². The molecule has 5 nitrogen and oxygen atoms in total. The van der Waals surface area contributed by atoms with E-state index in [4.69, 9.17) is 22.8 Å². The molecule has 0 radical (unpaired) electrons. The molecule has 6 heteroatoms. The van der Waals surface area contributed by atoms with Crippen molar-refractivity contribution in [3.63, 3.8) is 0 Å². The number of hydrogen-bond donors (Lipinski definition) is 0. The second kappa shape index (κ2) is 7.70. The number of halogens is 1. The van der Waals surface area contributed by atoms with E-state index in [0.717, 1.165) is 5.56 Å². The molecule has 0 spiro atoms. The smallest absolute Gasteiger partial charge is 0.227 e. The summed E-state index contributed by atoms with van der Waals surface area (Å²) in [5.74, 6) is 3.07. The number of aromatic nitrogens is 2. The van der Waals surface area contributed by atoms with E-state index in [2.05, 4.69) is 11.0 Å². The van der Waals surface area contributed by atoms with E-state index in [1.54, 1.807) is 48.1 Å². The highest BCUT2D eigenvalue weighted by atomic mass is 35.5. The van der Waals surface area contributed by atoms with Gasteiger partial charge in [0.05, 0.1) is 19.7 Å². The van der Waals surface area contributed by atoms with Gasteiger partial charge < -0.3 is 9.64 Å². The summed E-state index contributed by atoms with van der Waals surface area (Å²) in [6, 6.07) is 5.33. The Bertz CT molecular complexity index is 734. The topological polar surface area (TPSA) is 47.4 Å². The Kier molecular flexibility index (Phi) is 5.67. The van der Waals surface area contributed by atoms with Gasteiger partial charge in [0.2, 0.25) is 5.91 Å². The number of hydrogen-bond acceptors (Lipinski definition) is 3. The quantitative estimate of drug-likeness (QED) is 0.764. The molecule has 23 heavy (non-hydrogen) atoms. The molecule has 2 rings (SSSR count). The molecule has 0 unspecified atom stereocenters. The molecule has 1 aromatic heterocycles. The number of terminal acetylenes is 1. The summed E-state index contributed by atoms with van der Waals surface area (Å²) in [6.07, 6.45) is 8.96. The van der Waals surface area contributed by atoms with E-state index in [-0.39, 0.29) is 12.3 Å². The van der Waals surface area contributed by atoms with E-state index in [9.17, 15) is 4.79 Å². The Morgan fingerprint density at radius 1 is 1.52 bits per heavy atom. The summed E-state index contributed by atoms with van der Waals surface area (Å²) in [6.45, 7) is 0.866. The van der Waals surface area contributed by atoms with Crippen LogP contribution >= 0.6 is 11.6 Å². The summed E-state index contributed by atoms with van der Waals surface area (Å²) in [5, 5.41) is 4.66. The van der Waals surface area contributed by atoms with Gasteiger partial charge in [-0.1, -0.05) is 23.6 Å². The van der Waals surface area contributed by atoms with Gasteiger partial charge in [0.1, 0.15) is 12.3 Å². The Morgan fingerprint density at radius 2 is 2.30 bits per heavy atom. The first kappa shape index (κ1) is 16.9. The number of carbonyl (C=O) groups is 1. The van der Waals surface area contributed by atoms with Gasteiger partial charge in [-0.25, -0.2) is 0 Å². The number of carbonyl (C=O) groups excluding carboxylic acids is 1. The van der Waals surface area contributed by atoms with Crippen molar-refractivity contribution in [3.8, 4) is 18.1 Å². The van der Waals surface area contributed by atoms with Crippen LogP contribution in [-0.4, -0.2) is 34.7 Å². The first-order valence-electron chi connectivity index (χ1n) is 7.05. The van der Waals surface area contributed by atoms with E-state index in [0.29, 0.717) is 29.4 Å². The lowest BCUT2D eigenvalue weighted by Crippen LogP contribution is -2.27. The zero-order valence-corrected chi connectivity index (χ0v) is 13.9. The second-order valence-corrected chi connectivity index (χ2v) is 5.50. The van der Waals surface area contributed by atoms with Crippen molar-refractivity contribution >= 4 is 17.5 Å². The maximum Gasteiger partial charge on any atom is 0.227 e. The van der Waals surface area contributed by atoms with Crippen LogP contribution in [0, 0.1) is 12.3 Å². The van der Waals surface area contributed by atoms with Gasteiger partial charge >= 0.3 is 0 Å². The SMILES string of the molecule is C#CCn1cc(CN(C)C(=O)Cc2c(Cl)cccc2OC)cn1. The minimum Gasteiger partial charge on any atom is -0.496 e.